The van der Waals surface area contributed by atoms with Crippen molar-refractivity contribution in [3.63, 3.8) is 0 Å². The van der Waals surface area contributed by atoms with Crippen molar-refractivity contribution in [2.75, 3.05) is 11.9 Å². The lowest BCUT2D eigenvalue weighted by Crippen LogP contribution is -2.48. The van der Waals surface area contributed by atoms with Gasteiger partial charge in [0.1, 0.15) is 6.54 Å². The lowest BCUT2D eigenvalue weighted by atomic mass is 10.1. The van der Waals surface area contributed by atoms with Crippen LogP contribution in [0.4, 0.5) is 18.9 Å². The maximum atomic E-state index is 12.9. The number of alkyl halides is 3. The number of para-hydroxylation sites is 1. The Balaban J connectivity index is 2.06. The van der Waals surface area contributed by atoms with Crippen molar-refractivity contribution in [1.29, 1.82) is 0 Å². The number of hydrogen-bond acceptors (Lipinski definition) is 3. The summed E-state index contributed by atoms with van der Waals surface area (Å²) in [5.41, 5.74) is 0.731. The van der Waals surface area contributed by atoms with Crippen LogP contribution < -0.4 is 5.32 Å². The quantitative estimate of drug-likeness (QED) is 0.944. The van der Waals surface area contributed by atoms with Gasteiger partial charge in [-0.1, -0.05) is 12.1 Å². The molecular formula is C15H15F3N4O. The molecule has 0 saturated heterocycles. The molecule has 3 rings (SSSR count). The van der Waals surface area contributed by atoms with E-state index in [-0.39, 0.29) is 5.56 Å². The largest absolute Gasteiger partial charge is 0.406 e. The summed E-state index contributed by atoms with van der Waals surface area (Å²) in [7, 11) is 0. The van der Waals surface area contributed by atoms with Crippen LogP contribution in [0.25, 0.3) is 0 Å². The molecule has 0 unspecified atom stereocenters. The van der Waals surface area contributed by atoms with Crippen LogP contribution >= 0.6 is 0 Å². The number of halogens is 3. The summed E-state index contributed by atoms with van der Waals surface area (Å²) >= 11 is 0. The van der Waals surface area contributed by atoms with Gasteiger partial charge in [-0.2, -0.15) is 13.2 Å². The first-order valence-corrected chi connectivity index (χ1v) is 7.15. The molecule has 122 valence electrons. The number of aryl methyl sites for hydroxylation is 1. The summed E-state index contributed by atoms with van der Waals surface area (Å²) < 4.78 is 40.5. The lowest BCUT2D eigenvalue weighted by Gasteiger charge is -2.37. The molecule has 5 nitrogen and oxygen atoms in total. The molecule has 0 spiro atoms. The van der Waals surface area contributed by atoms with E-state index in [0.717, 1.165) is 4.90 Å². The number of rotatable bonds is 3. The fraction of sp³-hybridized carbons (Fsp3) is 0.333. The van der Waals surface area contributed by atoms with E-state index in [1.807, 2.05) is 6.92 Å². The standard InChI is InChI=1S/C15H15F3N4O/c1-2-21-8-7-19-12(21)13-20-11-6-4-3-5-10(11)14(23)22(13)9-15(16,17)18/h3-8,13,20H,2,9H2,1H3/t13-/m1/s1. The summed E-state index contributed by atoms with van der Waals surface area (Å²) in [6.45, 7) is 1.06. The Morgan fingerprint density at radius 3 is 2.74 bits per heavy atom. The summed E-state index contributed by atoms with van der Waals surface area (Å²) in [6, 6.07) is 6.53. The molecule has 23 heavy (non-hydrogen) atoms. The third-order valence-electron chi connectivity index (χ3n) is 3.70. The van der Waals surface area contributed by atoms with Crippen molar-refractivity contribution in [2.45, 2.75) is 25.8 Å². The Morgan fingerprint density at radius 2 is 2.04 bits per heavy atom. The van der Waals surface area contributed by atoms with Crippen LogP contribution in [-0.4, -0.2) is 33.1 Å². The molecule has 0 saturated carbocycles. The van der Waals surface area contributed by atoms with E-state index >= 15 is 0 Å². The van der Waals surface area contributed by atoms with Gasteiger partial charge in [-0.25, -0.2) is 4.98 Å². The van der Waals surface area contributed by atoms with E-state index in [9.17, 15) is 18.0 Å². The first kappa shape index (κ1) is 15.4. The van der Waals surface area contributed by atoms with E-state index in [2.05, 4.69) is 10.3 Å². The molecule has 1 amide bonds. The summed E-state index contributed by atoms with van der Waals surface area (Å²) in [4.78, 5) is 17.5. The maximum absolute atomic E-state index is 12.9. The fourth-order valence-electron chi connectivity index (χ4n) is 2.69. The number of benzene rings is 1. The Bertz CT molecular complexity index is 726. The van der Waals surface area contributed by atoms with Crippen LogP contribution in [0.5, 0.6) is 0 Å². The predicted octanol–water partition coefficient (Wildman–Crippen LogP) is 3.03. The molecular weight excluding hydrogens is 309 g/mol. The van der Waals surface area contributed by atoms with Crippen LogP contribution in [0.3, 0.4) is 0 Å². The second kappa shape index (κ2) is 5.60. The van der Waals surface area contributed by atoms with Gasteiger partial charge in [0, 0.05) is 24.6 Å². The number of nitrogens with zero attached hydrogens (tertiary/aromatic N) is 3. The highest BCUT2D eigenvalue weighted by atomic mass is 19.4. The van der Waals surface area contributed by atoms with Crippen LogP contribution in [0.2, 0.25) is 0 Å². The van der Waals surface area contributed by atoms with E-state index in [1.54, 1.807) is 29.0 Å². The number of carbonyl (C=O) groups excluding carboxylic acids is 1. The van der Waals surface area contributed by atoms with Gasteiger partial charge in [0.15, 0.2) is 12.0 Å². The third-order valence-corrected chi connectivity index (χ3v) is 3.70. The highest BCUT2D eigenvalue weighted by Crippen LogP contribution is 2.34. The maximum Gasteiger partial charge on any atom is 0.406 e. The van der Waals surface area contributed by atoms with Crippen molar-refractivity contribution >= 4 is 11.6 Å². The average molecular weight is 324 g/mol. The molecule has 1 aliphatic heterocycles. The van der Waals surface area contributed by atoms with Gasteiger partial charge in [0.2, 0.25) is 0 Å². The van der Waals surface area contributed by atoms with Crippen molar-refractivity contribution in [2.24, 2.45) is 0 Å². The van der Waals surface area contributed by atoms with Crippen molar-refractivity contribution < 1.29 is 18.0 Å². The number of fused-ring (bicyclic) bond motifs is 1. The SMILES string of the molecule is CCn1ccnc1[C@@H]1Nc2ccccc2C(=O)N1CC(F)(F)F. The molecule has 1 aromatic heterocycles. The van der Waals surface area contributed by atoms with E-state index < -0.39 is 24.8 Å². The fourth-order valence-corrected chi connectivity index (χ4v) is 2.69. The highest BCUT2D eigenvalue weighted by molar-refractivity contribution is 6.01. The Morgan fingerprint density at radius 1 is 1.30 bits per heavy atom. The van der Waals surface area contributed by atoms with Gasteiger partial charge in [-0.3, -0.25) is 4.79 Å². The average Bonchev–Trinajstić information content (AvgIpc) is 2.97. The number of carbonyl (C=O) groups is 1. The van der Waals surface area contributed by atoms with Crippen molar-refractivity contribution in [3.05, 3.63) is 48.0 Å². The van der Waals surface area contributed by atoms with Gasteiger partial charge < -0.3 is 14.8 Å². The molecule has 2 aromatic rings. The van der Waals surface area contributed by atoms with Crippen LogP contribution in [0.15, 0.2) is 36.7 Å². The normalized spacial score (nSPS) is 17.8. The minimum absolute atomic E-state index is 0.225. The van der Waals surface area contributed by atoms with Gasteiger partial charge in [0.25, 0.3) is 5.91 Å². The smallest absolute Gasteiger partial charge is 0.358 e. The number of amides is 1. The van der Waals surface area contributed by atoms with E-state index in [1.165, 1.54) is 12.3 Å². The van der Waals surface area contributed by atoms with Crippen molar-refractivity contribution in [3.8, 4) is 0 Å². The topological polar surface area (TPSA) is 50.2 Å². The predicted molar refractivity (Wildman–Crippen MR) is 77.8 cm³/mol. The molecule has 0 aliphatic carbocycles. The third kappa shape index (κ3) is 2.88. The minimum Gasteiger partial charge on any atom is -0.358 e. The van der Waals surface area contributed by atoms with Crippen LogP contribution in [-0.2, 0) is 6.54 Å². The number of hydrogen-bond donors (Lipinski definition) is 1. The minimum atomic E-state index is -4.49. The number of anilines is 1. The first-order valence-electron chi connectivity index (χ1n) is 7.15. The molecule has 0 fully saturated rings. The van der Waals surface area contributed by atoms with Gasteiger partial charge >= 0.3 is 6.18 Å². The molecule has 2 heterocycles. The van der Waals surface area contributed by atoms with Crippen molar-refractivity contribution in [1.82, 2.24) is 14.5 Å². The molecule has 1 aliphatic rings. The van der Waals surface area contributed by atoms with E-state index in [0.29, 0.717) is 18.1 Å². The Kier molecular flexibility index (Phi) is 3.75. The first-order chi connectivity index (χ1) is 10.9. The number of aromatic nitrogens is 2. The molecule has 1 aromatic carbocycles. The zero-order chi connectivity index (χ0) is 16.6. The summed E-state index contributed by atoms with van der Waals surface area (Å²) in [6.07, 6.45) is -2.27. The number of imidazole rings is 1. The van der Waals surface area contributed by atoms with Gasteiger partial charge in [-0.15, -0.1) is 0 Å². The monoisotopic (exact) mass is 324 g/mol. The number of nitrogens with one attached hydrogen (secondary N) is 1. The molecule has 8 heteroatoms. The Labute approximate surface area is 130 Å². The Hall–Kier alpha value is -2.51. The summed E-state index contributed by atoms with van der Waals surface area (Å²) in [5.74, 6) is -0.285. The van der Waals surface area contributed by atoms with Crippen LogP contribution in [0, 0.1) is 0 Å². The van der Waals surface area contributed by atoms with Gasteiger partial charge in [-0.05, 0) is 19.1 Å². The molecule has 1 N–H and O–H groups in total. The highest BCUT2D eigenvalue weighted by Gasteiger charge is 2.41. The van der Waals surface area contributed by atoms with Crippen LogP contribution in [0.1, 0.15) is 29.3 Å². The zero-order valence-electron chi connectivity index (χ0n) is 12.3. The molecule has 1 atom stereocenters. The second-order valence-corrected chi connectivity index (χ2v) is 5.21. The molecule has 0 bridgehead atoms. The van der Waals surface area contributed by atoms with E-state index in [4.69, 9.17) is 0 Å². The summed E-state index contributed by atoms with van der Waals surface area (Å²) in [5, 5.41) is 3.00. The zero-order valence-corrected chi connectivity index (χ0v) is 12.3. The molecule has 0 radical (unpaired) electrons. The van der Waals surface area contributed by atoms with Gasteiger partial charge in [0.05, 0.1) is 5.56 Å². The second-order valence-electron chi connectivity index (χ2n) is 5.21. The lowest BCUT2D eigenvalue weighted by molar-refractivity contribution is -0.144.